The third-order valence-electron chi connectivity index (χ3n) is 6.50. The second-order valence-electron chi connectivity index (χ2n) is 8.60. The van der Waals surface area contributed by atoms with E-state index in [4.69, 9.17) is 9.84 Å². The van der Waals surface area contributed by atoms with Gasteiger partial charge >= 0.3 is 12.1 Å². The molecule has 1 fully saturated rings. The van der Waals surface area contributed by atoms with Crippen molar-refractivity contribution in [1.82, 2.24) is 10.6 Å². The van der Waals surface area contributed by atoms with Crippen LogP contribution in [0, 0.1) is 5.92 Å². The summed E-state index contributed by atoms with van der Waals surface area (Å²) < 4.78 is 5.62. The van der Waals surface area contributed by atoms with Crippen LogP contribution in [0.5, 0.6) is 0 Å². The molecule has 7 heteroatoms. The van der Waals surface area contributed by atoms with Crippen LogP contribution in [0.4, 0.5) is 4.79 Å². The summed E-state index contributed by atoms with van der Waals surface area (Å²) in [6, 6.07) is 15.3. The lowest BCUT2D eigenvalue weighted by Gasteiger charge is -2.22. The Morgan fingerprint density at radius 2 is 1.66 bits per heavy atom. The van der Waals surface area contributed by atoms with Crippen LogP contribution in [0.15, 0.2) is 48.5 Å². The van der Waals surface area contributed by atoms with Crippen LogP contribution in [0.2, 0.25) is 0 Å². The Labute approximate surface area is 187 Å². The first-order valence-corrected chi connectivity index (χ1v) is 11.1. The summed E-state index contributed by atoms with van der Waals surface area (Å²) in [5.41, 5.74) is 4.66. The van der Waals surface area contributed by atoms with E-state index in [1.165, 1.54) is 18.1 Å². The standard InChI is InChI=1S/C25H28N2O5/c1-15(24(29)30)26-23(28)13-16-7-6-12-22(16)27-25(31)32-14-21-19-10-4-2-8-17(19)18-9-3-5-11-20(18)21/h2-5,8-11,15-16,21-22H,6-7,12-14H2,1H3,(H,26,28)(H,27,31)(H,29,30)/t15-,16?,22?/m0/s1. The molecule has 0 heterocycles. The smallest absolute Gasteiger partial charge is 0.407 e. The Kier molecular flexibility index (Phi) is 6.44. The average Bonchev–Trinajstić information content (AvgIpc) is 3.34. The number of fused-ring (bicyclic) bond motifs is 3. The van der Waals surface area contributed by atoms with Gasteiger partial charge in [0.1, 0.15) is 12.6 Å². The second kappa shape index (κ2) is 9.42. The van der Waals surface area contributed by atoms with E-state index in [-0.39, 0.29) is 36.8 Å². The first-order chi connectivity index (χ1) is 15.4. The summed E-state index contributed by atoms with van der Waals surface area (Å²) in [6.45, 7) is 1.68. The van der Waals surface area contributed by atoms with Gasteiger partial charge in [0.15, 0.2) is 0 Å². The van der Waals surface area contributed by atoms with Crippen molar-refractivity contribution in [2.75, 3.05) is 6.61 Å². The van der Waals surface area contributed by atoms with Crippen LogP contribution < -0.4 is 10.6 Å². The Morgan fingerprint density at radius 1 is 1.03 bits per heavy atom. The first kappa shape index (κ1) is 21.9. The van der Waals surface area contributed by atoms with Crippen molar-refractivity contribution in [3.63, 3.8) is 0 Å². The number of carboxylic acids is 1. The van der Waals surface area contributed by atoms with E-state index >= 15 is 0 Å². The number of rotatable bonds is 7. The van der Waals surface area contributed by atoms with Crippen LogP contribution in [-0.4, -0.2) is 41.8 Å². The number of benzene rings is 2. The van der Waals surface area contributed by atoms with E-state index in [0.29, 0.717) is 0 Å². The predicted octanol–water partition coefficient (Wildman–Crippen LogP) is 3.67. The van der Waals surface area contributed by atoms with E-state index in [2.05, 4.69) is 34.9 Å². The van der Waals surface area contributed by atoms with E-state index < -0.39 is 18.1 Å². The van der Waals surface area contributed by atoms with Crippen LogP contribution in [0.3, 0.4) is 0 Å². The fourth-order valence-corrected chi connectivity index (χ4v) is 4.86. The molecule has 0 spiro atoms. The normalized spacial score (nSPS) is 20.2. The van der Waals surface area contributed by atoms with Crippen molar-refractivity contribution < 1.29 is 24.2 Å². The number of aliphatic carboxylic acids is 1. The molecule has 168 valence electrons. The van der Waals surface area contributed by atoms with Crippen molar-refractivity contribution in [1.29, 1.82) is 0 Å². The molecule has 2 unspecified atom stereocenters. The molecule has 3 atom stereocenters. The number of hydrogen-bond donors (Lipinski definition) is 3. The van der Waals surface area contributed by atoms with Crippen molar-refractivity contribution in [3.05, 3.63) is 59.7 Å². The summed E-state index contributed by atoms with van der Waals surface area (Å²) in [5, 5.41) is 14.3. The average molecular weight is 437 g/mol. The molecule has 0 saturated heterocycles. The highest BCUT2D eigenvalue weighted by Crippen LogP contribution is 2.44. The highest BCUT2D eigenvalue weighted by molar-refractivity contribution is 5.83. The third kappa shape index (κ3) is 4.61. The molecule has 7 nitrogen and oxygen atoms in total. The number of carbonyl (C=O) groups is 3. The van der Waals surface area contributed by atoms with E-state index in [9.17, 15) is 14.4 Å². The van der Waals surface area contributed by atoms with Gasteiger partial charge in [-0.15, -0.1) is 0 Å². The molecular weight excluding hydrogens is 408 g/mol. The van der Waals surface area contributed by atoms with Crippen LogP contribution in [-0.2, 0) is 14.3 Å². The summed E-state index contributed by atoms with van der Waals surface area (Å²) >= 11 is 0. The maximum absolute atomic E-state index is 12.6. The lowest BCUT2D eigenvalue weighted by Crippen LogP contribution is -2.42. The summed E-state index contributed by atoms with van der Waals surface area (Å²) in [7, 11) is 0. The Morgan fingerprint density at radius 3 is 2.28 bits per heavy atom. The van der Waals surface area contributed by atoms with E-state index in [1.54, 1.807) is 0 Å². The van der Waals surface area contributed by atoms with Gasteiger partial charge in [-0.25, -0.2) is 4.79 Å². The molecule has 2 amide bonds. The highest BCUT2D eigenvalue weighted by Gasteiger charge is 2.33. The number of carboxylic acid groups (broad SMARTS) is 1. The zero-order chi connectivity index (χ0) is 22.7. The fraction of sp³-hybridized carbons (Fsp3) is 0.400. The molecule has 3 N–H and O–H groups in total. The minimum atomic E-state index is -1.07. The van der Waals surface area contributed by atoms with Crippen LogP contribution in [0.25, 0.3) is 11.1 Å². The molecule has 2 aromatic rings. The van der Waals surface area contributed by atoms with Gasteiger partial charge in [-0.2, -0.15) is 0 Å². The predicted molar refractivity (Wildman–Crippen MR) is 119 cm³/mol. The van der Waals surface area contributed by atoms with Crippen LogP contribution >= 0.6 is 0 Å². The topological polar surface area (TPSA) is 105 Å². The molecule has 0 aliphatic heterocycles. The maximum Gasteiger partial charge on any atom is 0.407 e. The zero-order valence-corrected chi connectivity index (χ0v) is 18.0. The summed E-state index contributed by atoms with van der Waals surface area (Å²) in [5.74, 6) is -1.42. The maximum atomic E-state index is 12.6. The minimum Gasteiger partial charge on any atom is -0.480 e. The lowest BCUT2D eigenvalue weighted by atomic mass is 9.98. The van der Waals surface area contributed by atoms with Gasteiger partial charge in [-0.05, 0) is 47.9 Å². The molecule has 1 saturated carbocycles. The summed E-state index contributed by atoms with van der Waals surface area (Å²) in [6.07, 6.45) is 2.19. The number of amides is 2. The number of ether oxygens (including phenoxy) is 1. The minimum absolute atomic E-state index is 0.00388. The van der Waals surface area contributed by atoms with Gasteiger partial charge < -0.3 is 20.5 Å². The molecule has 4 rings (SSSR count). The van der Waals surface area contributed by atoms with Crippen molar-refractivity contribution in [2.45, 2.75) is 50.6 Å². The van der Waals surface area contributed by atoms with Gasteiger partial charge in [0.2, 0.25) is 5.91 Å². The quantitative estimate of drug-likeness (QED) is 0.614. The lowest BCUT2D eigenvalue weighted by molar-refractivity contribution is -0.141. The fourth-order valence-electron chi connectivity index (χ4n) is 4.86. The second-order valence-corrected chi connectivity index (χ2v) is 8.60. The molecule has 0 bridgehead atoms. The van der Waals surface area contributed by atoms with E-state index in [1.807, 2.05) is 24.3 Å². The largest absolute Gasteiger partial charge is 0.480 e. The van der Waals surface area contributed by atoms with Crippen molar-refractivity contribution in [3.8, 4) is 11.1 Å². The van der Waals surface area contributed by atoms with Gasteiger partial charge in [-0.1, -0.05) is 55.0 Å². The van der Waals surface area contributed by atoms with E-state index in [0.717, 1.165) is 30.4 Å². The number of hydrogen-bond acceptors (Lipinski definition) is 4. The number of alkyl carbamates (subject to hydrolysis) is 1. The van der Waals surface area contributed by atoms with Gasteiger partial charge in [-0.3, -0.25) is 9.59 Å². The molecule has 32 heavy (non-hydrogen) atoms. The third-order valence-corrected chi connectivity index (χ3v) is 6.50. The molecule has 2 aliphatic carbocycles. The SMILES string of the molecule is C[C@H](NC(=O)CC1CCCC1NC(=O)OCC1c2ccccc2-c2ccccc21)C(=O)O. The number of carbonyl (C=O) groups excluding carboxylic acids is 2. The van der Waals surface area contributed by atoms with Crippen molar-refractivity contribution in [2.24, 2.45) is 5.92 Å². The zero-order valence-electron chi connectivity index (χ0n) is 18.0. The van der Waals surface area contributed by atoms with Gasteiger partial charge in [0, 0.05) is 18.4 Å². The summed E-state index contributed by atoms with van der Waals surface area (Å²) in [4.78, 5) is 35.7. The van der Waals surface area contributed by atoms with Gasteiger partial charge in [0.05, 0.1) is 0 Å². The molecule has 0 radical (unpaired) electrons. The van der Waals surface area contributed by atoms with Gasteiger partial charge in [0.25, 0.3) is 0 Å². The van der Waals surface area contributed by atoms with Crippen LogP contribution in [0.1, 0.15) is 49.7 Å². The first-order valence-electron chi connectivity index (χ1n) is 11.1. The molecule has 0 aromatic heterocycles. The highest BCUT2D eigenvalue weighted by atomic mass is 16.5. The monoisotopic (exact) mass is 436 g/mol. The Bertz CT molecular complexity index is 975. The Balaban J connectivity index is 1.33. The molecule has 2 aromatic carbocycles. The molecular formula is C25H28N2O5. The Hall–Kier alpha value is -3.35. The van der Waals surface area contributed by atoms with Crippen molar-refractivity contribution >= 4 is 18.0 Å². The molecule has 2 aliphatic rings. The number of nitrogens with one attached hydrogen (secondary N) is 2.